The number of nitrogens with two attached hydrogens (primary N) is 3. The number of ether oxygens (including phenoxy) is 1. The Balaban J connectivity index is 1.77. The van der Waals surface area contributed by atoms with E-state index in [0.29, 0.717) is 24.1 Å². The van der Waals surface area contributed by atoms with Gasteiger partial charge in [-0.15, -0.1) is 0 Å². The molecule has 9 heteroatoms. The number of hydrogen-bond acceptors (Lipinski definition) is 8. The van der Waals surface area contributed by atoms with Crippen molar-refractivity contribution in [3.05, 3.63) is 95.0 Å². The quantitative estimate of drug-likeness (QED) is 0.335. The molecule has 2 aliphatic rings. The van der Waals surface area contributed by atoms with Gasteiger partial charge in [0.15, 0.2) is 0 Å². The van der Waals surface area contributed by atoms with Crippen LogP contribution in [0, 0.1) is 5.92 Å². The number of methoxy groups -OCH3 is 1. The molecule has 0 aliphatic carbocycles. The summed E-state index contributed by atoms with van der Waals surface area (Å²) in [6.45, 7) is 4.51. The van der Waals surface area contributed by atoms with Gasteiger partial charge in [-0.05, 0) is 42.0 Å². The van der Waals surface area contributed by atoms with E-state index in [9.17, 15) is 0 Å². The largest absolute Gasteiger partial charge is 0.481 e. The molecular weight excluding hydrogens is 440 g/mol. The zero-order valence-electron chi connectivity index (χ0n) is 20.6. The van der Waals surface area contributed by atoms with Gasteiger partial charge in [-0.3, -0.25) is 4.99 Å². The lowest BCUT2D eigenvalue weighted by Crippen LogP contribution is -2.41. The summed E-state index contributed by atoms with van der Waals surface area (Å²) < 4.78 is 5.17. The van der Waals surface area contributed by atoms with Crippen molar-refractivity contribution >= 4 is 12.1 Å². The van der Waals surface area contributed by atoms with E-state index in [1.165, 1.54) is 0 Å². The molecule has 0 saturated heterocycles. The molecule has 0 fully saturated rings. The van der Waals surface area contributed by atoms with Crippen LogP contribution in [0.1, 0.15) is 19.5 Å². The van der Waals surface area contributed by atoms with Gasteiger partial charge in [-0.2, -0.15) is 0 Å². The molecule has 0 spiro atoms. The van der Waals surface area contributed by atoms with Crippen molar-refractivity contribution in [1.82, 2.24) is 15.2 Å². The number of nitrogens with zero attached hydrogens (tertiary/aromatic N) is 4. The first kappa shape index (κ1) is 25.4. The zero-order valence-corrected chi connectivity index (χ0v) is 20.6. The molecule has 2 aliphatic heterocycles. The molecule has 1 atom stereocenters. The van der Waals surface area contributed by atoms with E-state index in [2.05, 4.69) is 45.1 Å². The number of hydrogen-bond donors (Lipinski definition) is 4. The van der Waals surface area contributed by atoms with Gasteiger partial charge < -0.3 is 32.2 Å². The van der Waals surface area contributed by atoms with Crippen molar-refractivity contribution < 1.29 is 4.74 Å². The van der Waals surface area contributed by atoms with Crippen LogP contribution in [0.25, 0.3) is 0 Å². The maximum absolute atomic E-state index is 6.14. The summed E-state index contributed by atoms with van der Waals surface area (Å²) in [5.41, 5.74) is 22.2. The van der Waals surface area contributed by atoms with Crippen LogP contribution in [0.5, 0.6) is 5.88 Å². The fourth-order valence-electron chi connectivity index (χ4n) is 3.61. The molecule has 0 saturated carbocycles. The van der Waals surface area contributed by atoms with Gasteiger partial charge in [0.1, 0.15) is 11.7 Å². The van der Waals surface area contributed by atoms with Gasteiger partial charge in [0.05, 0.1) is 25.4 Å². The van der Waals surface area contributed by atoms with Crippen LogP contribution >= 0.6 is 0 Å². The number of aromatic nitrogens is 1. The number of aliphatic imine (C=N–C) groups is 2. The average Bonchev–Trinajstić information content (AvgIpc) is 2.84. The highest BCUT2D eigenvalue weighted by Gasteiger charge is 2.24. The topological polar surface area (TPSA) is 140 Å². The third kappa shape index (κ3) is 6.63. The van der Waals surface area contributed by atoms with Crippen molar-refractivity contribution in [3.8, 4) is 5.88 Å². The first-order valence-electron chi connectivity index (χ1n) is 11.3. The number of rotatable bonds is 8. The molecular formula is C26H34N8O. The Kier molecular flexibility index (Phi) is 8.50. The summed E-state index contributed by atoms with van der Waals surface area (Å²) in [4.78, 5) is 15.5. The minimum Gasteiger partial charge on any atom is -0.481 e. The Bertz CT molecular complexity index is 1170. The van der Waals surface area contributed by atoms with Crippen LogP contribution in [0.2, 0.25) is 0 Å². The van der Waals surface area contributed by atoms with Crippen LogP contribution in [0.15, 0.2) is 99.3 Å². The van der Waals surface area contributed by atoms with Crippen molar-refractivity contribution in [3.63, 3.8) is 0 Å². The summed E-state index contributed by atoms with van der Waals surface area (Å²) in [5.74, 6) is 1.83. The van der Waals surface area contributed by atoms with Crippen LogP contribution in [0.4, 0.5) is 0 Å². The monoisotopic (exact) mass is 474 g/mol. The molecule has 1 unspecified atom stereocenters. The van der Waals surface area contributed by atoms with Crippen LogP contribution in [-0.2, 0) is 6.54 Å². The lowest BCUT2D eigenvalue weighted by Gasteiger charge is -2.34. The van der Waals surface area contributed by atoms with Gasteiger partial charge in [-0.1, -0.05) is 26.0 Å². The maximum atomic E-state index is 6.14. The minimum absolute atomic E-state index is 0.0509. The van der Waals surface area contributed by atoms with Gasteiger partial charge in [-0.25, -0.2) is 9.98 Å². The van der Waals surface area contributed by atoms with E-state index in [0.717, 1.165) is 28.1 Å². The van der Waals surface area contributed by atoms with Crippen molar-refractivity contribution in [2.24, 2.45) is 33.1 Å². The first-order valence-corrected chi connectivity index (χ1v) is 11.3. The average molecular weight is 475 g/mol. The summed E-state index contributed by atoms with van der Waals surface area (Å²) >= 11 is 0. The van der Waals surface area contributed by atoms with Gasteiger partial charge >= 0.3 is 0 Å². The summed E-state index contributed by atoms with van der Waals surface area (Å²) in [6.07, 6.45) is 14.7. The summed E-state index contributed by atoms with van der Waals surface area (Å²) in [7, 11) is 3.60. The molecule has 0 aromatic carbocycles. The number of likely N-dealkylation sites (N-methyl/N-ethyl adjacent to an activating group) is 1. The Labute approximate surface area is 206 Å². The minimum atomic E-state index is 0.0509. The number of nitrogens with one attached hydrogen (secondary N) is 1. The fourth-order valence-corrected chi connectivity index (χ4v) is 3.61. The van der Waals surface area contributed by atoms with Crippen LogP contribution < -0.4 is 27.3 Å². The number of fused-ring (bicyclic) bond motifs is 1. The van der Waals surface area contributed by atoms with E-state index >= 15 is 0 Å². The SMILES string of the molecule is COc1cccc(CN=CC(=CN)C2=CN(C)C3C=CC(=N/C(N)=C/C(=C\N)C(C)C)NC3=C2)n1. The standard InChI is InChI=1S/C26H34N8O/c1-17(2)18(12-27)11-24(29)33-25-9-8-23-22(32-25)10-19(16-34(23)3)20(13-28)14-30-15-21-6-5-7-26(31-21)35-4/h5-14,16-17,23H,15,27-29H2,1-4H3,(H,32,33)/b18-12+,20-13?,24-11+,30-14?. The molecule has 1 aromatic rings. The number of amidine groups is 1. The highest BCUT2D eigenvalue weighted by molar-refractivity contribution is 5.97. The summed E-state index contributed by atoms with van der Waals surface area (Å²) in [5, 5.41) is 3.37. The lowest BCUT2D eigenvalue weighted by molar-refractivity contribution is 0.396. The van der Waals surface area contributed by atoms with Crippen LogP contribution in [-0.4, -0.2) is 42.1 Å². The number of allylic oxidation sites excluding steroid dienone is 5. The normalized spacial score (nSPS) is 20.1. The second-order valence-electron chi connectivity index (χ2n) is 8.43. The second-order valence-corrected chi connectivity index (χ2v) is 8.43. The Hall–Kier alpha value is -4.27. The molecule has 7 N–H and O–H groups in total. The molecule has 3 heterocycles. The molecule has 35 heavy (non-hydrogen) atoms. The highest BCUT2D eigenvalue weighted by Crippen LogP contribution is 2.25. The van der Waals surface area contributed by atoms with E-state index in [1.807, 2.05) is 37.5 Å². The first-order chi connectivity index (χ1) is 16.8. The van der Waals surface area contributed by atoms with E-state index in [-0.39, 0.29) is 12.0 Å². The predicted octanol–water partition coefficient (Wildman–Crippen LogP) is 2.44. The second kappa shape index (κ2) is 11.7. The molecule has 0 radical (unpaired) electrons. The van der Waals surface area contributed by atoms with E-state index in [4.69, 9.17) is 21.9 Å². The van der Waals surface area contributed by atoms with Gasteiger partial charge in [0, 0.05) is 48.6 Å². The Morgan fingerprint density at radius 2 is 2.09 bits per heavy atom. The lowest BCUT2D eigenvalue weighted by atomic mass is 9.98. The Morgan fingerprint density at radius 1 is 1.29 bits per heavy atom. The molecule has 0 amide bonds. The fraction of sp³-hybridized carbons (Fsp3) is 0.269. The van der Waals surface area contributed by atoms with Crippen molar-refractivity contribution in [2.75, 3.05) is 14.2 Å². The maximum Gasteiger partial charge on any atom is 0.213 e. The third-order valence-electron chi connectivity index (χ3n) is 5.53. The summed E-state index contributed by atoms with van der Waals surface area (Å²) in [6, 6.07) is 5.64. The van der Waals surface area contributed by atoms with Gasteiger partial charge in [0.25, 0.3) is 0 Å². The van der Waals surface area contributed by atoms with E-state index in [1.54, 1.807) is 37.9 Å². The van der Waals surface area contributed by atoms with Crippen LogP contribution in [0.3, 0.4) is 0 Å². The van der Waals surface area contributed by atoms with E-state index < -0.39 is 0 Å². The number of pyridine rings is 1. The molecule has 1 aromatic heterocycles. The van der Waals surface area contributed by atoms with Crippen molar-refractivity contribution in [2.45, 2.75) is 26.4 Å². The van der Waals surface area contributed by atoms with Crippen molar-refractivity contribution in [1.29, 1.82) is 0 Å². The molecule has 3 rings (SSSR count). The molecule has 0 bridgehead atoms. The smallest absolute Gasteiger partial charge is 0.213 e. The predicted molar refractivity (Wildman–Crippen MR) is 142 cm³/mol. The highest BCUT2D eigenvalue weighted by atomic mass is 16.5. The zero-order chi connectivity index (χ0) is 25.4. The molecule has 9 nitrogen and oxygen atoms in total. The Morgan fingerprint density at radius 3 is 2.77 bits per heavy atom. The third-order valence-corrected chi connectivity index (χ3v) is 5.53. The van der Waals surface area contributed by atoms with Gasteiger partial charge in [0.2, 0.25) is 5.88 Å². The molecule has 184 valence electrons.